The van der Waals surface area contributed by atoms with Gasteiger partial charge in [0.1, 0.15) is 5.71 Å². The summed E-state index contributed by atoms with van der Waals surface area (Å²) in [5.74, 6) is 5.25. The van der Waals surface area contributed by atoms with Crippen LogP contribution in [0.2, 0.25) is 0 Å². The van der Waals surface area contributed by atoms with E-state index in [4.69, 9.17) is 4.99 Å². The van der Waals surface area contributed by atoms with Crippen molar-refractivity contribution in [2.45, 2.75) is 174 Å². The third-order valence-corrected chi connectivity index (χ3v) is 16.6. The summed E-state index contributed by atoms with van der Waals surface area (Å²) in [6.07, 6.45) is 12.5. The predicted octanol–water partition coefficient (Wildman–Crippen LogP) is 11.6. The summed E-state index contributed by atoms with van der Waals surface area (Å²) in [5.41, 5.74) is 0.526. The van der Waals surface area contributed by atoms with Crippen LogP contribution >= 0.6 is 0 Å². The molecule has 0 aromatic heterocycles. The van der Waals surface area contributed by atoms with E-state index in [0.29, 0.717) is 36.0 Å². The van der Waals surface area contributed by atoms with Gasteiger partial charge in [0.25, 0.3) is 5.91 Å². The molecule has 1 aliphatic heterocycles. The zero-order chi connectivity index (χ0) is 35.7. The van der Waals surface area contributed by atoms with E-state index in [-0.39, 0.29) is 17.7 Å². The number of rotatable bonds is 8. The number of hydrogen-bond acceptors (Lipinski definition) is 2. The van der Waals surface area contributed by atoms with Gasteiger partial charge >= 0.3 is 6.18 Å². The lowest BCUT2D eigenvalue weighted by atomic mass is 9.44. The summed E-state index contributed by atoms with van der Waals surface area (Å²) in [7, 11) is 0. The van der Waals surface area contributed by atoms with Gasteiger partial charge in [-0.15, -0.1) is 0 Å². The minimum absolute atomic E-state index is 0.0432. The molecular weight excluding hydrogens is 629 g/mol. The van der Waals surface area contributed by atoms with Crippen LogP contribution in [0.15, 0.2) is 29.3 Å². The number of amides is 1. The Morgan fingerprint density at radius 3 is 2.36 bits per heavy atom. The average Bonchev–Trinajstić information content (AvgIpc) is 3.41. The molecule has 7 rings (SSSR count). The molecule has 1 unspecified atom stereocenters. The maximum atomic E-state index is 14.2. The predicted molar refractivity (Wildman–Crippen MR) is 197 cm³/mol. The molecule has 0 spiro atoms. The second-order valence-electron chi connectivity index (χ2n) is 19.5. The summed E-state index contributed by atoms with van der Waals surface area (Å²) in [5, 5.41) is 3.37. The van der Waals surface area contributed by atoms with Crippen molar-refractivity contribution in [3.05, 3.63) is 35.4 Å². The Kier molecular flexibility index (Phi) is 9.65. The SMILES string of the molecule is CC(C)CCC[C@@H](C)[C@H]1CC[C@H]2[C@@H]3CCC4C[C@H](NC(=O)C5=N[C@@]6(CC(F)(F)F)CCCC[C@@]6(C)c6ccccc65)CC[C@]4(C)[C@H]3CC[C@]12C. The third-order valence-electron chi connectivity index (χ3n) is 16.6. The van der Waals surface area contributed by atoms with Gasteiger partial charge in [-0.05, 0) is 128 Å². The topological polar surface area (TPSA) is 41.5 Å². The summed E-state index contributed by atoms with van der Waals surface area (Å²) in [6, 6.07) is 7.70. The Labute approximate surface area is 300 Å². The van der Waals surface area contributed by atoms with E-state index in [1.165, 1.54) is 57.8 Å². The van der Waals surface area contributed by atoms with Crippen molar-refractivity contribution in [3.8, 4) is 0 Å². The Morgan fingerprint density at radius 2 is 1.60 bits per heavy atom. The highest BCUT2D eigenvalue weighted by Gasteiger charge is 2.61. The van der Waals surface area contributed by atoms with Crippen molar-refractivity contribution in [1.29, 1.82) is 0 Å². The summed E-state index contributed by atoms with van der Waals surface area (Å²) in [4.78, 5) is 19.1. The van der Waals surface area contributed by atoms with E-state index in [9.17, 15) is 18.0 Å². The highest BCUT2D eigenvalue weighted by atomic mass is 19.4. The van der Waals surface area contributed by atoms with Crippen LogP contribution in [0.25, 0.3) is 0 Å². The number of carbonyl (C=O) groups excluding carboxylic acids is 1. The Hall–Kier alpha value is -1.85. The number of benzene rings is 1. The lowest BCUT2D eigenvalue weighted by molar-refractivity contribution is -0.156. The van der Waals surface area contributed by atoms with Gasteiger partial charge in [-0.2, -0.15) is 13.2 Å². The third kappa shape index (κ3) is 6.10. The molecule has 5 fully saturated rings. The van der Waals surface area contributed by atoms with Gasteiger partial charge in [-0.25, -0.2) is 0 Å². The second-order valence-corrected chi connectivity index (χ2v) is 19.5. The van der Waals surface area contributed by atoms with Crippen LogP contribution in [0.3, 0.4) is 0 Å². The van der Waals surface area contributed by atoms with Crippen molar-refractivity contribution in [2.24, 2.45) is 57.2 Å². The zero-order valence-electron chi connectivity index (χ0n) is 31.9. The lowest BCUT2D eigenvalue weighted by Crippen LogP contribution is -2.58. The average molecular weight is 695 g/mol. The van der Waals surface area contributed by atoms with Crippen LogP contribution in [0, 0.1) is 52.3 Å². The number of aliphatic imine (C=N–C) groups is 1. The quantitative estimate of drug-likeness (QED) is 0.289. The Morgan fingerprint density at radius 1 is 0.880 bits per heavy atom. The molecule has 0 radical (unpaired) electrons. The van der Waals surface area contributed by atoms with Gasteiger partial charge < -0.3 is 5.32 Å². The van der Waals surface area contributed by atoms with E-state index >= 15 is 0 Å². The van der Waals surface area contributed by atoms with Gasteiger partial charge in [0.2, 0.25) is 0 Å². The first-order valence-electron chi connectivity index (χ1n) is 20.7. The molecule has 1 amide bonds. The maximum absolute atomic E-state index is 14.2. The molecule has 1 aromatic rings. The molecule has 1 heterocycles. The van der Waals surface area contributed by atoms with Crippen molar-refractivity contribution >= 4 is 11.6 Å². The summed E-state index contributed by atoms with van der Waals surface area (Å²) < 4.78 is 42.6. The van der Waals surface area contributed by atoms with E-state index in [0.717, 1.165) is 72.3 Å². The lowest BCUT2D eigenvalue weighted by Gasteiger charge is -2.61. The molecule has 11 atom stereocenters. The number of hydrogen-bond donors (Lipinski definition) is 1. The van der Waals surface area contributed by atoms with Crippen molar-refractivity contribution in [1.82, 2.24) is 5.32 Å². The minimum Gasteiger partial charge on any atom is -0.348 e. The molecule has 5 aliphatic carbocycles. The molecule has 278 valence electrons. The van der Waals surface area contributed by atoms with Gasteiger partial charge in [-0.3, -0.25) is 9.79 Å². The molecule has 1 N–H and O–H groups in total. The van der Waals surface area contributed by atoms with Gasteiger partial charge in [0.15, 0.2) is 0 Å². The largest absolute Gasteiger partial charge is 0.391 e. The van der Waals surface area contributed by atoms with Crippen LogP contribution in [-0.4, -0.2) is 29.4 Å². The molecule has 1 aromatic carbocycles. The molecule has 50 heavy (non-hydrogen) atoms. The molecule has 5 saturated carbocycles. The van der Waals surface area contributed by atoms with Crippen molar-refractivity contribution < 1.29 is 18.0 Å². The minimum atomic E-state index is -4.36. The van der Waals surface area contributed by atoms with Crippen LogP contribution in [0.5, 0.6) is 0 Å². The molecular formula is C44H65F3N2O. The fourth-order valence-electron chi connectivity index (χ4n) is 13.9. The van der Waals surface area contributed by atoms with E-state index < -0.39 is 23.6 Å². The fourth-order valence-corrected chi connectivity index (χ4v) is 13.9. The van der Waals surface area contributed by atoms with E-state index in [2.05, 4.69) is 39.9 Å². The standard InChI is InChI=1S/C44H65F3N2O/c1-28(2)12-11-13-29(3)34-18-19-35-32-17-16-30-26-31(20-24-40(30,4)36(32)21-25-41(34,35)5)48-39(50)38-33-14-7-8-15-37(33)42(6)22-9-10-23-43(42,49-38)27-44(45,46)47/h7-8,14-15,28-32,34-36H,9-13,16-27H2,1-6H3,(H,48,50)/t29-,30?,31-,32+,34-,35+,36+,40+,41-,42+,43-/m1/s1. The normalized spacial score (nSPS) is 41.6. The fraction of sp³-hybridized carbons (Fsp3) is 0.818. The summed E-state index contributed by atoms with van der Waals surface area (Å²) >= 11 is 0. The first-order valence-corrected chi connectivity index (χ1v) is 20.7. The van der Waals surface area contributed by atoms with E-state index in [1.54, 1.807) is 0 Å². The van der Waals surface area contributed by atoms with Crippen LogP contribution in [0.4, 0.5) is 13.2 Å². The molecule has 6 aliphatic rings. The van der Waals surface area contributed by atoms with Gasteiger partial charge in [0, 0.05) is 17.0 Å². The molecule has 6 heteroatoms. The van der Waals surface area contributed by atoms with Crippen molar-refractivity contribution in [3.63, 3.8) is 0 Å². The number of nitrogens with zero attached hydrogens (tertiary/aromatic N) is 1. The number of nitrogens with one attached hydrogen (secondary N) is 1. The van der Waals surface area contributed by atoms with Crippen LogP contribution in [0.1, 0.15) is 162 Å². The summed E-state index contributed by atoms with van der Waals surface area (Å²) in [6.45, 7) is 14.5. The highest BCUT2D eigenvalue weighted by molar-refractivity contribution is 6.46. The number of halogens is 3. The molecule has 0 saturated heterocycles. The Balaban J connectivity index is 1.05. The van der Waals surface area contributed by atoms with Gasteiger partial charge in [-0.1, -0.05) is 97.9 Å². The van der Waals surface area contributed by atoms with Gasteiger partial charge in [0.05, 0.1) is 12.0 Å². The van der Waals surface area contributed by atoms with E-state index in [1.807, 2.05) is 31.2 Å². The van der Waals surface area contributed by atoms with Crippen LogP contribution in [-0.2, 0) is 10.2 Å². The number of carbonyl (C=O) groups is 1. The molecule has 0 bridgehead atoms. The monoisotopic (exact) mass is 695 g/mol. The smallest absolute Gasteiger partial charge is 0.348 e. The second kappa shape index (κ2) is 13.2. The highest BCUT2D eigenvalue weighted by Crippen LogP contribution is 2.68. The number of alkyl halides is 3. The first-order chi connectivity index (χ1) is 23.6. The Bertz CT molecular complexity index is 1450. The van der Waals surface area contributed by atoms with Crippen molar-refractivity contribution in [2.75, 3.05) is 0 Å². The first kappa shape index (κ1) is 36.5. The molecule has 3 nitrogen and oxygen atoms in total. The number of fused-ring (bicyclic) bond motifs is 8. The van der Waals surface area contributed by atoms with Crippen LogP contribution < -0.4 is 5.32 Å². The zero-order valence-corrected chi connectivity index (χ0v) is 31.9. The maximum Gasteiger partial charge on any atom is 0.391 e.